The van der Waals surface area contributed by atoms with E-state index in [1.807, 2.05) is 24.3 Å². The van der Waals surface area contributed by atoms with Crippen LogP contribution < -0.4 is 0 Å². The van der Waals surface area contributed by atoms with Crippen LogP contribution in [0.25, 0.3) is 17.1 Å². The lowest BCUT2D eigenvalue weighted by Gasteiger charge is -2.21. The van der Waals surface area contributed by atoms with Gasteiger partial charge in [0.05, 0.1) is 15.9 Å². The molecular weight excluding hydrogens is 438 g/mol. The number of rotatable bonds is 5. The third-order valence-corrected chi connectivity index (χ3v) is 5.74. The Balaban J connectivity index is 1.44. The number of benzene rings is 1. The number of aromatic nitrogens is 2. The van der Waals surface area contributed by atoms with Crippen molar-refractivity contribution in [3.05, 3.63) is 47.1 Å². The summed E-state index contributed by atoms with van der Waals surface area (Å²) < 4.78 is 10.9. The second kappa shape index (κ2) is 8.27. The molecule has 0 spiro atoms. The summed E-state index contributed by atoms with van der Waals surface area (Å²) in [5, 5.41) is 0.739. The molecule has 2 amide bonds. The molecule has 1 saturated heterocycles. The standard InChI is InChI=1S/C21H19N3O5S2/c1-21(2,3)29-16(25)11-24-18(26)15(30-20(24)27)10-12-8-9-17(28-12)31-19-22-13-6-4-5-7-14(13)23-19/h4-10H,11H2,1-3H3,(H,22,23)/b15-10-. The number of ether oxygens (including phenoxy) is 1. The number of hydrogen-bond acceptors (Lipinski definition) is 8. The Morgan fingerprint density at radius 2 is 2.03 bits per heavy atom. The van der Waals surface area contributed by atoms with Gasteiger partial charge in [-0.2, -0.15) is 0 Å². The Morgan fingerprint density at radius 1 is 1.26 bits per heavy atom. The summed E-state index contributed by atoms with van der Waals surface area (Å²) in [5.41, 5.74) is 1.09. The molecule has 0 atom stereocenters. The number of carbonyl (C=O) groups is 3. The zero-order valence-corrected chi connectivity index (χ0v) is 18.6. The number of carbonyl (C=O) groups excluding carboxylic acids is 3. The number of H-pyrrole nitrogens is 1. The van der Waals surface area contributed by atoms with Crippen molar-refractivity contribution in [1.29, 1.82) is 0 Å². The minimum absolute atomic E-state index is 0.184. The third-order valence-electron chi connectivity index (χ3n) is 4.02. The zero-order valence-electron chi connectivity index (χ0n) is 17.0. The fourth-order valence-electron chi connectivity index (χ4n) is 2.81. The Kier molecular flexibility index (Phi) is 5.67. The minimum atomic E-state index is -0.698. The summed E-state index contributed by atoms with van der Waals surface area (Å²) in [4.78, 5) is 45.5. The average Bonchev–Trinajstić information content (AvgIpc) is 3.35. The average molecular weight is 458 g/mol. The lowest BCUT2D eigenvalue weighted by molar-refractivity contribution is -0.156. The van der Waals surface area contributed by atoms with Gasteiger partial charge in [0.1, 0.15) is 17.9 Å². The number of hydrogen-bond donors (Lipinski definition) is 1. The Bertz CT molecular complexity index is 1170. The maximum Gasteiger partial charge on any atom is 0.326 e. The molecule has 1 aliphatic rings. The molecule has 31 heavy (non-hydrogen) atoms. The van der Waals surface area contributed by atoms with E-state index in [2.05, 4.69) is 9.97 Å². The van der Waals surface area contributed by atoms with Gasteiger partial charge in [-0.3, -0.25) is 19.3 Å². The van der Waals surface area contributed by atoms with Crippen LogP contribution in [0, 0.1) is 0 Å². The first-order chi connectivity index (χ1) is 14.7. The fourth-order valence-corrected chi connectivity index (χ4v) is 4.40. The molecule has 8 nitrogen and oxygen atoms in total. The van der Waals surface area contributed by atoms with E-state index in [0.717, 1.165) is 27.7 Å². The quantitative estimate of drug-likeness (QED) is 0.435. The van der Waals surface area contributed by atoms with Gasteiger partial charge in [0.2, 0.25) is 0 Å². The molecule has 160 valence electrons. The van der Waals surface area contributed by atoms with E-state index in [1.54, 1.807) is 32.9 Å². The second-order valence-corrected chi connectivity index (χ2v) is 9.66. The van der Waals surface area contributed by atoms with Gasteiger partial charge in [0.25, 0.3) is 11.1 Å². The van der Waals surface area contributed by atoms with Gasteiger partial charge in [0, 0.05) is 6.08 Å². The van der Waals surface area contributed by atoms with Crippen LogP contribution in [-0.2, 0) is 14.3 Å². The molecule has 2 aromatic heterocycles. The molecule has 4 rings (SSSR count). The highest BCUT2D eigenvalue weighted by Crippen LogP contribution is 2.34. The summed E-state index contributed by atoms with van der Waals surface area (Å²) in [6.07, 6.45) is 1.49. The number of furan rings is 1. The molecule has 10 heteroatoms. The van der Waals surface area contributed by atoms with Crippen molar-refractivity contribution in [2.45, 2.75) is 36.6 Å². The predicted molar refractivity (Wildman–Crippen MR) is 117 cm³/mol. The number of imide groups is 1. The molecule has 0 aliphatic carbocycles. The van der Waals surface area contributed by atoms with Crippen molar-refractivity contribution in [1.82, 2.24) is 14.9 Å². The molecule has 0 unspecified atom stereocenters. The number of thioether (sulfide) groups is 1. The van der Waals surface area contributed by atoms with Crippen LogP contribution >= 0.6 is 23.5 Å². The van der Waals surface area contributed by atoms with Crippen molar-refractivity contribution in [3.8, 4) is 0 Å². The number of para-hydroxylation sites is 2. The van der Waals surface area contributed by atoms with E-state index in [0.29, 0.717) is 16.0 Å². The van der Waals surface area contributed by atoms with E-state index >= 15 is 0 Å². The Labute approximate surface area is 186 Å². The predicted octanol–water partition coefficient (Wildman–Crippen LogP) is 4.69. The maximum absolute atomic E-state index is 12.6. The Hall–Kier alpha value is -2.98. The van der Waals surface area contributed by atoms with Crippen molar-refractivity contribution < 1.29 is 23.5 Å². The lowest BCUT2D eigenvalue weighted by Crippen LogP contribution is -2.37. The van der Waals surface area contributed by atoms with Crippen molar-refractivity contribution in [2.75, 3.05) is 6.54 Å². The SMILES string of the molecule is CC(C)(C)OC(=O)CN1C(=O)S/C(=C\c2ccc(Sc3nc4ccccc4[nH]3)o2)C1=O. The Morgan fingerprint density at radius 3 is 2.77 bits per heavy atom. The van der Waals surface area contributed by atoms with Crippen LogP contribution in [0.3, 0.4) is 0 Å². The molecule has 1 N–H and O–H groups in total. The molecule has 0 radical (unpaired) electrons. The van der Waals surface area contributed by atoms with E-state index in [1.165, 1.54) is 17.8 Å². The number of nitrogens with one attached hydrogen (secondary N) is 1. The van der Waals surface area contributed by atoms with Crippen molar-refractivity contribution in [3.63, 3.8) is 0 Å². The highest BCUT2D eigenvalue weighted by Gasteiger charge is 2.37. The third kappa shape index (κ3) is 5.02. The van der Waals surface area contributed by atoms with Gasteiger partial charge in [-0.05, 0) is 68.6 Å². The van der Waals surface area contributed by atoms with E-state index in [4.69, 9.17) is 9.15 Å². The van der Waals surface area contributed by atoms with Crippen LogP contribution in [0.1, 0.15) is 26.5 Å². The van der Waals surface area contributed by atoms with E-state index in [-0.39, 0.29) is 4.91 Å². The van der Waals surface area contributed by atoms with Gasteiger partial charge in [-0.15, -0.1) is 0 Å². The van der Waals surface area contributed by atoms with Crippen molar-refractivity contribution in [2.24, 2.45) is 0 Å². The first-order valence-electron chi connectivity index (χ1n) is 9.37. The van der Waals surface area contributed by atoms with Crippen LogP contribution in [0.4, 0.5) is 4.79 Å². The molecule has 1 fully saturated rings. The van der Waals surface area contributed by atoms with E-state index in [9.17, 15) is 14.4 Å². The number of esters is 1. The number of imidazole rings is 1. The summed E-state index contributed by atoms with van der Waals surface area (Å²) in [7, 11) is 0. The number of nitrogens with zero attached hydrogens (tertiary/aromatic N) is 2. The topological polar surface area (TPSA) is 106 Å². The van der Waals surface area contributed by atoms with Crippen LogP contribution in [-0.4, -0.2) is 44.1 Å². The molecule has 0 saturated carbocycles. The summed E-state index contributed by atoms with van der Waals surface area (Å²) in [6.45, 7) is 4.73. The largest absolute Gasteiger partial charge is 0.459 e. The molecule has 1 aromatic carbocycles. The van der Waals surface area contributed by atoms with Gasteiger partial charge < -0.3 is 14.1 Å². The number of amides is 2. The lowest BCUT2D eigenvalue weighted by atomic mass is 10.2. The monoisotopic (exact) mass is 457 g/mol. The molecule has 3 heterocycles. The van der Waals surface area contributed by atoms with Crippen LogP contribution in [0.5, 0.6) is 0 Å². The smallest absolute Gasteiger partial charge is 0.326 e. The van der Waals surface area contributed by atoms with Gasteiger partial charge in [-0.1, -0.05) is 12.1 Å². The van der Waals surface area contributed by atoms with Crippen LogP contribution in [0.15, 0.2) is 56.0 Å². The molecule has 0 bridgehead atoms. The first kappa shape index (κ1) is 21.3. The maximum atomic E-state index is 12.6. The highest BCUT2D eigenvalue weighted by molar-refractivity contribution is 8.18. The van der Waals surface area contributed by atoms with Crippen LogP contribution in [0.2, 0.25) is 0 Å². The highest BCUT2D eigenvalue weighted by atomic mass is 32.2. The molecular formula is C21H19N3O5S2. The van der Waals surface area contributed by atoms with E-state index < -0.39 is 29.3 Å². The van der Waals surface area contributed by atoms with Gasteiger partial charge in [0.15, 0.2) is 10.2 Å². The summed E-state index contributed by atoms with van der Waals surface area (Å²) in [6, 6.07) is 11.2. The molecule has 1 aliphatic heterocycles. The summed E-state index contributed by atoms with van der Waals surface area (Å²) >= 11 is 2.07. The normalized spacial score (nSPS) is 16.0. The summed E-state index contributed by atoms with van der Waals surface area (Å²) in [5.74, 6) is -0.774. The first-order valence-corrected chi connectivity index (χ1v) is 11.0. The minimum Gasteiger partial charge on any atom is -0.459 e. The fraction of sp³-hybridized carbons (Fsp3) is 0.238. The van der Waals surface area contributed by atoms with Crippen molar-refractivity contribution >= 4 is 57.7 Å². The number of aromatic amines is 1. The van der Waals surface area contributed by atoms with Gasteiger partial charge >= 0.3 is 5.97 Å². The number of fused-ring (bicyclic) bond motifs is 1. The van der Waals surface area contributed by atoms with Gasteiger partial charge in [-0.25, -0.2) is 4.98 Å². The molecule has 3 aromatic rings. The second-order valence-electron chi connectivity index (χ2n) is 7.67. The zero-order chi connectivity index (χ0) is 22.2.